The molecule has 4 aromatic rings. The number of nitrogens with one attached hydrogen (secondary N) is 1. The molecule has 0 saturated carbocycles. The molecule has 4 aromatic carbocycles. The lowest BCUT2D eigenvalue weighted by Gasteiger charge is -2.34. The Morgan fingerprint density at radius 2 is 1.39 bits per heavy atom. The Hall–Kier alpha value is -4.63. The minimum Gasteiger partial charge on any atom is -0.495 e. The van der Waals surface area contributed by atoms with Gasteiger partial charge >= 0.3 is 0 Å². The van der Waals surface area contributed by atoms with E-state index in [0.717, 1.165) is 21.0 Å². The summed E-state index contributed by atoms with van der Waals surface area (Å²) in [6.45, 7) is 5.11. The van der Waals surface area contributed by atoms with Crippen LogP contribution >= 0.6 is 0 Å². The first-order chi connectivity index (χ1) is 21.1. The molecule has 0 aliphatic heterocycles. The average Bonchev–Trinajstić information content (AvgIpc) is 3.02. The molecule has 44 heavy (non-hydrogen) atoms. The van der Waals surface area contributed by atoms with Crippen molar-refractivity contribution in [1.29, 1.82) is 0 Å². The summed E-state index contributed by atoms with van der Waals surface area (Å²) >= 11 is 0. The predicted octanol–water partition coefficient (Wildman–Crippen LogP) is 5.36. The molecular formula is C35H39N3O5S. The monoisotopic (exact) mass is 613 g/mol. The summed E-state index contributed by atoms with van der Waals surface area (Å²) in [5.41, 5.74) is 2.70. The Morgan fingerprint density at radius 1 is 0.818 bits per heavy atom. The van der Waals surface area contributed by atoms with E-state index in [-0.39, 0.29) is 35.5 Å². The first-order valence-electron chi connectivity index (χ1n) is 14.5. The molecule has 230 valence electrons. The van der Waals surface area contributed by atoms with E-state index in [9.17, 15) is 18.0 Å². The van der Waals surface area contributed by atoms with Crippen molar-refractivity contribution in [2.24, 2.45) is 0 Å². The van der Waals surface area contributed by atoms with Crippen LogP contribution < -0.4 is 14.4 Å². The first-order valence-corrected chi connectivity index (χ1v) is 15.9. The molecule has 8 nitrogen and oxygen atoms in total. The van der Waals surface area contributed by atoms with Crippen molar-refractivity contribution >= 4 is 27.5 Å². The maximum atomic E-state index is 14.5. The zero-order chi connectivity index (χ0) is 31.7. The SMILES string of the molecule is COc1ccc(C)cc1N(CC(=O)N(Cc1ccccc1)[C@H](Cc1ccccc1)C(=O)NC(C)C)S(=O)(=O)c1ccccc1. The number of nitrogens with zero attached hydrogens (tertiary/aromatic N) is 2. The summed E-state index contributed by atoms with van der Waals surface area (Å²) in [4.78, 5) is 29.8. The molecule has 0 fully saturated rings. The number of hydrogen-bond donors (Lipinski definition) is 1. The van der Waals surface area contributed by atoms with Crippen molar-refractivity contribution in [3.05, 3.63) is 126 Å². The summed E-state index contributed by atoms with van der Waals surface area (Å²) in [5.74, 6) is -0.550. The minimum atomic E-state index is -4.22. The molecule has 0 radical (unpaired) electrons. The molecular weight excluding hydrogens is 574 g/mol. The molecule has 0 unspecified atom stereocenters. The highest BCUT2D eigenvalue weighted by Gasteiger charge is 2.35. The van der Waals surface area contributed by atoms with E-state index < -0.39 is 28.5 Å². The Morgan fingerprint density at radius 3 is 1.95 bits per heavy atom. The van der Waals surface area contributed by atoms with Gasteiger partial charge in [0.2, 0.25) is 11.8 Å². The smallest absolute Gasteiger partial charge is 0.264 e. The fraction of sp³-hybridized carbons (Fsp3) is 0.257. The van der Waals surface area contributed by atoms with Crippen molar-refractivity contribution in [1.82, 2.24) is 10.2 Å². The molecule has 4 rings (SSSR count). The van der Waals surface area contributed by atoms with E-state index in [2.05, 4.69) is 5.32 Å². The molecule has 0 aliphatic carbocycles. The quantitative estimate of drug-likeness (QED) is 0.219. The largest absolute Gasteiger partial charge is 0.495 e. The van der Waals surface area contributed by atoms with E-state index in [1.54, 1.807) is 30.3 Å². The predicted molar refractivity (Wildman–Crippen MR) is 173 cm³/mol. The van der Waals surface area contributed by atoms with Gasteiger partial charge in [0.25, 0.3) is 10.0 Å². The molecule has 0 bridgehead atoms. The topological polar surface area (TPSA) is 96.0 Å². The Bertz CT molecular complexity index is 1650. The van der Waals surface area contributed by atoms with Crippen LogP contribution in [0, 0.1) is 6.92 Å². The number of methoxy groups -OCH3 is 1. The molecule has 0 spiro atoms. The van der Waals surface area contributed by atoms with Crippen LogP contribution in [0.5, 0.6) is 5.75 Å². The minimum absolute atomic E-state index is 0.0318. The van der Waals surface area contributed by atoms with Crippen LogP contribution in [0.3, 0.4) is 0 Å². The molecule has 0 aromatic heterocycles. The van der Waals surface area contributed by atoms with E-state index in [1.807, 2.05) is 87.5 Å². The van der Waals surface area contributed by atoms with Gasteiger partial charge in [-0.05, 0) is 61.7 Å². The molecule has 1 atom stereocenters. The maximum absolute atomic E-state index is 14.5. The average molecular weight is 614 g/mol. The second kappa shape index (κ2) is 14.7. The van der Waals surface area contributed by atoms with Crippen LogP contribution in [0.1, 0.15) is 30.5 Å². The van der Waals surface area contributed by atoms with Gasteiger partial charge in [0, 0.05) is 19.0 Å². The highest BCUT2D eigenvalue weighted by molar-refractivity contribution is 7.92. The van der Waals surface area contributed by atoms with Gasteiger partial charge in [-0.1, -0.05) is 84.9 Å². The van der Waals surface area contributed by atoms with Gasteiger partial charge < -0.3 is 15.0 Å². The van der Waals surface area contributed by atoms with E-state index in [1.165, 1.54) is 24.1 Å². The Kier molecular flexibility index (Phi) is 10.8. The van der Waals surface area contributed by atoms with Crippen LogP contribution in [-0.2, 0) is 32.6 Å². The van der Waals surface area contributed by atoms with Crippen molar-refractivity contribution in [2.75, 3.05) is 18.0 Å². The molecule has 1 N–H and O–H groups in total. The Labute approximate surface area is 260 Å². The maximum Gasteiger partial charge on any atom is 0.264 e. The molecule has 0 saturated heterocycles. The van der Waals surface area contributed by atoms with Crippen LogP contribution in [0.15, 0.2) is 114 Å². The summed E-state index contributed by atoms with van der Waals surface area (Å²) in [5, 5.41) is 2.97. The van der Waals surface area contributed by atoms with Gasteiger partial charge in [0.1, 0.15) is 18.3 Å². The fourth-order valence-corrected chi connectivity index (χ4v) is 6.38. The lowest BCUT2D eigenvalue weighted by Crippen LogP contribution is -2.54. The van der Waals surface area contributed by atoms with Gasteiger partial charge in [0.05, 0.1) is 17.7 Å². The molecule has 2 amide bonds. The normalized spacial score (nSPS) is 11.9. The number of carbonyl (C=O) groups is 2. The highest BCUT2D eigenvalue weighted by Crippen LogP contribution is 2.34. The number of aryl methyl sites for hydroxylation is 1. The van der Waals surface area contributed by atoms with E-state index >= 15 is 0 Å². The van der Waals surface area contributed by atoms with Gasteiger partial charge in [-0.2, -0.15) is 0 Å². The van der Waals surface area contributed by atoms with Crippen molar-refractivity contribution in [3.8, 4) is 5.75 Å². The summed E-state index contributed by atoms with van der Waals surface area (Å²) in [6.07, 6.45) is 0.247. The fourth-order valence-electron chi connectivity index (χ4n) is 4.94. The third-order valence-electron chi connectivity index (χ3n) is 7.11. The van der Waals surface area contributed by atoms with Gasteiger partial charge in [-0.3, -0.25) is 13.9 Å². The van der Waals surface area contributed by atoms with Crippen LogP contribution in [0.2, 0.25) is 0 Å². The number of ether oxygens (including phenoxy) is 1. The first kappa shape index (κ1) is 32.3. The second-order valence-electron chi connectivity index (χ2n) is 10.9. The standard InChI is InChI=1S/C35H39N3O5S/c1-26(2)36-35(40)32(23-28-14-8-5-9-15-28)37(24-29-16-10-6-11-17-29)34(39)25-38(31-22-27(3)20-21-33(31)43-4)44(41,42)30-18-12-7-13-19-30/h5-22,26,32H,23-25H2,1-4H3,(H,36,40)/t32-/m1/s1. The summed E-state index contributed by atoms with van der Waals surface area (Å²) < 4.78 is 35.0. The second-order valence-corrected chi connectivity index (χ2v) is 12.7. The zero-order valence-electron chi connectivity index (χ0n) is 25.5. The zero-order valence-corrected chi connectivity index (χ0v) is 26.3. The van der Waals surface area contributed by atoms with Gasteiger partial charge in [-0.15, -0.1) is 0 Å². The highest BCUT2D eigenvalue weighted by atomic mass is 32.2. The lowest BCUT2D eigenvalue weighted by molar-refractivity contribution is -0.140. The lowest BCUT2D eigenvalue weighted by atomic mass is 10.0. The molecule has 0 aliphatic rings. The number of amides is 2. The number of anilines is 1. The van der Waals surface area contributed by atoms with Crippen molar-refractivity contribution in [2.45, 2.75) is 50.7 Å². The molecule has 0 heterocycles. The third kappa shape index (κ3) is 8.05. The third-order valence-corrected chi connectivity index (χ3v) is 8.88. The number of hydrogen-bond acceptors (Lipinski definition) is 5. The number of rotatable bonds is 13. The van der Waals surface area contributed by atoms with Gasteiger partial charge in [0.15, 0.2) is 0 Å². The summed E-state index contributed by atoms with van der Waals surface area (Å²) in [6, 6.07) is 30.9. The van der Waals surface area contributed by atoms with Gasteiger partial charge in [-0.25, -0.2) is 8.42 Å². The van der Waals surface area contributed by atoms with Crippen LogP contribution in [0.25, 0.3) is 0 Å². The van der Waals surface area contributed by atoms with E-state index in [4.69, 9.17) is 4.74 Å². The van der Waals surface area contributed by atoms with Crippen LogP contribution in [0.4, 0.5) is 5.69 Å². The number of benzene rings is 4. The molecule has 9 heteroatoms. The number of sulfonamides is 1. The van der Waals surface area contributed by atoms with E-state index in [0.29, 0.717) is 5.75 Å². The van der Waals surface area contributed by atoms with Crippen molar-refractivity contribution < 1.29 is 22.7 Å². The van der Waals surface area contributed by atoms with Crippen LogP contribution in [-0.4, -0.2) is 50.9 Å². The summed E-state index contributed by atoms with van der Waals surface area (Å²) in [7, 11) is -2.77. The van der Waals surface area contributed by atoms with Crippen molar-refractivity contribution in [3.63, 3.8) is 0 Å². The Balaban J connectivity index is 1.83. The number of carbonyl (C=O) groups excluding carboxylic acids is 2.